The van der Waals surface area contributed by atoms with Crippen LogP contribution in [0.3, 0.4) is 0 Å². The minimum Gasteiger partial charge on any atom is -0.383 e. The number of hydrogen-bond donors (Lipinski definition) is 1. The molecule has 0 bridgehead atoms. The smallest absolute Gasteiger partial charge is 0.0613 e. The molecule has 0 aromatic carbocycles. The number of ether oxygens (including phenoxy) is 1. The maximum absolute atomic E-state index is 5.14. The predicted octanol–water partition coefficient (Wildman–Crippen LogP) is 2.83. The van der Waals surface area contributed by atoms with Gasteiger partial charge < -0.3 is 10.1 Å². The Bertz CT molecular complexity index is 162. The average Bonchev–Trinajstić information content (AvgIpc) is 2.18. The van der Waals surface area contributed by atoms with Crippen LogP contribution in [-0.2, 0) is 4.74 Å². The van der Waals surface area contributed by atoms with Crippen molar-refractivity contribution < 1.29 is 4.74 Å². The Labute approximate surface area is 94.8 Å². The highest BCUT2D eigenvalue weighted by molar-refractivity contribution is 4.80. The fourth-order valence-electron chi connectivity index (χ4n) is 2.65. The van der Waals surface area contributed by atoms with Crippen molar-refractivity contribution in [2.24, 2.45) is 11.8 Å². The van der Waals surface area contributed by atoms with Crippen molar-refractivity contribution >= 4 is 0 Å². The van der Waals surface area contributed by atoms with Crippen molar-refractivity contribution in [2.75, 3.05) is 13.7 Å². The molecule has 1 rings (SSSR count). The summed E-state index contributed by atoms with van der Waals surface area (Å²) in [5, 5.41) is 3.65. The van der Waals surface area contributed by atoms with E-state index in [1.807, 2.05) is 0 Å². The second kappa shape index (κ2) is 6.49. The Morgan fingerprint density at radius 3 is 2.20 bits per heavy atom. The summed E-state index contributed by atoms with van der Waals surface area (Å²) in [6.45, 7) is 7.74. The molecule has 90 valence electrons. The molecule has 15 heavy (non-hydrogen) atoms. The van der Waals surface area contributed by atoms with Crippen molar-refractivity contribution in [3.8, 4) is 0 Å². The minimum absolute atomic E-state index is 0.496. The van der Waals surface area contributed by atoms with E-state index in [9.17, 15) is 0 Å². The van der Waals surface area contributed by atoms with Gasteiger partial charge in [0.05, 0.1) is 6.61 Å². The third-order valence-electron chi connectivity index (χ3n) is 3.65. The summed E-state index contributed by atoms with van der Waals surface area (Å²) >= 11 is 0. The predicted molar refractivity (Wildman–Crippen MR) is 65.1 cm³/mol. The molecule has 0 radical (unpaired) electrons. The van der Waals surface area contributed by atoms with Gasteiger partial charge in [0.25, 0.3) is 0 Å². The zero-order valence-corrected chi connectivity index (χ0v) is 10.8. The molecule has 2 heteroatoms. The lowest BCUT2D eigenvalue weighted by atomic mass is 9.79. The summed E-state index contributed by atoms with van der Waals surface area (Å²) in [6.07, 6.45) is 5.48. The molecule has 1 saturated carbocycles. The SMILES string of the molecule is COCC(C)NC1CCC(C(C)C)CC1. The van der Waals surface area contributed by atoms with Crippen LogP contribution in [0.25, 0.3) is 0 Å². The average molecular weight is 213 g/mol. The summed E-state index contributed by atoms with van der Waals surface area (Å²) in [5.74, 6) is 1.82. The highest BCUT2D eigenvalue weighted by Crippen LogP contribution is 2.29. The maximum atomic E-state index is 5.14. The van der Waals surface area contributed by atoms with Gasteiger partial charge in [-0.2, -0.15) is 0 Å². The van der Waals surface area contributed by atoms with Crippen LogP contribution < -0.4 is 5.32 Å². The summed E-state index contributed by atoms with van der Waals surface area (Å²) in [5.41, 5.74) is 0. The molecule has 1 N–H and O–H groups in total. The zero-order chi connectivity index (χ0) is 11.3. The van der Waals surface area contributed by atoms with Crippen LogP contribution in [-0.4, -0.2) is 25.8 Å². The standard InChI is InChI=1S/C13H27NO/c1-10(2)12-5-7-13(8-6-12)14-11(3)9-15-4/h10-14H,5-9H2,1-4H3. The van der Waals surface area contributed by atoms with Gasteiger partial charge >= 0.3 is 0 Å². The van der Waals surface area contributed by atoms with E-state index in [1.54, 1.807) is 7.11 Å². The molecule has 0 aromatic heterocycles. The Balaban J connectivity index is 2.19. The first-order chi connectivity index (χ1) is 7.13. The van der Waals surface area contributed by atoms with E-state index in [4.69, 9.17) is 4.74 Å². The first-order valence-corrected chi connectivity index (χ1v) is 6.38. The Kier molecular flexibility index (Phi) is 5.62. The Morgan fingerprint density at radius 2 is 1.73 bits per heavy atom. The molecule has 0 spiro atoms. The van der Waals surface area contributed by atoms with Crippen molar-refractivity contribution in [2.45, 2.75) is 58.5 Å². The van der Waals surface area contributed by atoms with Gasteiger partial charge in [0.2, 0.25) is 0 Å². The largest absolute Gasteiger partial charge is 0.383 e. The van der Waals surface area contributed by atoms with Crippen LogP contribution in [0, 0.1) is 11.8 Å². The van der Waals surface area contributed by atoms with E-state index in [0.29, 0.717) is 6.04 Å². The van der Waals surface area contributed by atoms with Gasteiger partial charge in [-0.1, -0.05) is 13.8 Å². The quantitative estimate of drug-likeness (QED) is 0.758. The minimum atomic E-state index is 0.496. The van der Waals surface area contributed by atoms with Crippen LogP contribution in [0.15, 0.2) is 0 Å². The van der Waals surface area contributed by atoms with Gasteiger partial charge in [-0.05, 0) is 44.4 Å². The molecule has 1 aliphatic rings. The second-order valence-corrected chi connectivity index (χ2v) is 5.38. The van der Waals surface area contributed by atoms with Gasteiger partial charge in [0.1, 0.15) is 0 Å². The molecule has 0 aliphatic heterocycles. The van der Waals surface area contributed by atoms with E-state index in [-0.39, 0.29) is 0 Å². The molecule has 0 saturated heterocycles. The van der Waals surface area contributed by atoms with Crippen molar-refractivity contribution in [3.05, 3.63) is 0 Å². The fourth-order valence-corrected chi connectivity index (χ4v) is 2.65. The number of nitrogens with one attached hydrogen (secondary N) is 1. The molecular weight excluding hydrogens is 186 g/mol. The normalized spacial score (nSPS) is 29.4. The van der Waals surface area contributed by atoms with Gasteiger partial charge in [-0.15, -0.1) is 0 Å². The third-order valence-corrected chi connectivity index (χ3v) is 3.65. The topological polar surface area (TPSA) is 21.3 Å². The van der Waals surface area contributed by atoms with Gasteiger partial charge in [-0.3, -0.25) is 0 Å². The van der Waals surface area contributed by atoms with E-state index in [2.05, 4.69) is 26.1 Å². The Morgan fingerprint density at radius 1 is 1.13 bits per heavy atom. The molecule has 1 aliphatic carbocycles. The van der Waals surface area contributed by atoms with Crippen molar-refractivity contribution in [1.82, 2.24) is 5.32 Å². The lowest BCUT2D eigenvalue weighted by molar-refractivity contribution is 0.154. The fraction of sp³-hybridized carbons (Fsp3) is 1.00. The van der Waals surface area contributed by atoms with E-state index in [0.717, 1.165) is 24.5 Å². The molecule has 0 heterocycles. The van der Waals surface area contributed by atoms with Gasteiger partial charge in [0, 0.05) is 19.2 Å². The first-order valence-electron chi connectivity index (χ1n) is 6.38. The lowest BCUT2D eigenvalue weighted by Gasteiger charge is -2.32. The first kappa shape index (κ1) is 13.0. The summed E-state index contributed by atoms with van der Waals surface area (Å²) < 4.78 is 5.14. The van der Waals surface area contributed by atoms with Crippen molar-refractivity contribution in [1.29, 1.82) is 0 Å². The van der Waals surface area contributed by atoms with Crippen LogP contribution >= 0.6 is 0 Å². The molecule has 2 nitrogen and oxygen atoms in total. The molecule has 1 fully saturated rings. The summed E-state index contributed by atoms with van der Waals surface area (Å²) in [4.78, 5) is 0. The van der Waals surface area contributed by atoms with Gasteiger partial charge in [0.15, 0.2) is 0 Å². The lowest BCUT2D eigenvalue weighted by Crippen LogP contribution is -2.41. The molecule has 1 atom stereocenters. The highest BCUT2D eigenvalue weighted by atomic mass is 16.5. The monoisotopic (exact) mass is 213 g/mol. The summed E-state index contributed by atoms with van der Waals surface area (Å²) in [6, 6.07) is 1.22. The van der Waals surface area contributed by atoms with Crippen LogP contribution in [0.1, 0.15) is 46.5 Å². The maximum Gasteiger partial charge on any atom is 0.0613 e. The molecular formula is C13H27NO. The molecule has 1 unspecified atom stereocenters. The van der Waals surface area contributed by atoms with E-state index < -0.39 is 0 Å². The Hall–Kier alpha value is -0.0800. The molecule has 0 aromatic rings. The highest BCUT2D eigenvalue weighted by Gasteiger charge is 2.23. The number of hydrogen-bond acceptors (Lipinski definition) is 2. The van der Waals surface area contributed by atoms with E-state index >= 15 is 0 Å². The third kappa shape index (κ3) is 4.52. The van der Waals surface area contributed by atoms with Crippen LogP contribution in [0.4, 0.5) is 0 Å². The number of rotatable bonds is 5. The van der Waals surface area contributed by atoms with Crippen molar-refractivity contribution in [3.63, 3.8) is 0 Å². The molecule has 0 amide bonds. The second-order valence-electron chi connectivity index (χ2n) is 5.38. The number of methoxy groups -OCH3 is 1. The van der Waals surface area contributed by atoms with Crippen LogP contribution in [0.2, 0.25) is 0 Å². The zero-order valence-electron chi connectivity index (χ0n) is 10.8. The summed E-state index contributed by atoms with van der Waals surface area (Å²) in [7, 11) is 1.77. The van der Waals surface area contributed by atoms with Crippen LogP contribution in [0.5, 0.6) is 0 Å². The van der Waals surface area contributed by atoms with Gasteiger partial charge in [-0.25, -0.2) is 0 Å². The van der Waals surface area contributed by atoms with E-state index in [1.165, 1.54) is 25.7 Å².